The minimum atomic E-state index is -0.439. The summed E-state index contributed by atoms with van der Waals surface area (Å²) in [6.07, 6.45) is 1.50. The predicted octanol–water partition coefficient (Wildman–Crippen LogP) is 3.83. The number of carbonyl (C=O) groups is 2. The van der Waals surface area contributed by atoms with Crippen LogP contribution in [0.15, 0.2) is 41.7 Å². The van der Waals surface area contributed by atoms with Gasteiger partial charge in [0, 0.05) is 15.8 Å². The monoisotopic (exact) mass is 372 g/mol. The van der Waals surface area contributed by atoms with Crippen LogP contribution in [-0.2, 0) is 9.53 Å². The molecule has 3 aromatic rings. The Morgan fingerprint density at radius 3 is 2.68 bits per heavy atom. The van der Waals surface area contributed by atoms with Crippen molar-refractivity contribution in [3.05, 3.63) is 52.7 Å². The van der Waals surface area contributed by atoms with E-state index in [0.29, 0.717) is 5.56 Å². The molecule has 25 heavy (non-hydrogen) atoms. The van der Waals surface area contributed by atoms with Crippen LogP contribution in [0.2, 0.25) is 0 Å². The van der Waals surface area contributed by atoms with Crippen molar-refractivity contribution in [1.29, 1.82) is 0 Å². The Balaban J connectivity index is 1.59. The molecule has 0 fully saturated rings. The molecule has 0 bridgehead atoms. The summed E-state index contributed by atoms with van der Waals surface area (Å²) in [5, 5.41) is 1.75. The lowest BCUT2D eigenvalue weighted by Gasteiger charge is -2.05. The Labute approximate surface area is 153 Å². The zero-order valence-electron chi connectivity index (χ0n) is 13.8. The van der Waals surface area contributed by atoms with Crippen LogP contribution in [0, 0.1) is 13.8 Å². The van der Waals surface area contributed by atoms with Crippen LogP contribution in [0.25, 0.3) is 10.2 Å². The van der Waals surface area contributed by atoms with Crippen LogP contribution in [0.4, 0.5) is 0 Å². The van der Waals surface area contributed by atoms with Gasteiger partial charge in [0.2, 0.25) is 0 Å². The molecule has 0 saturated heterocycles. The van der Waals surface area contributed by atoms with Crippen LogP contribution in [0.1, 0.15) is 20.8 Å². The third-order valence-electron chi connectivity index (χ3n) is 3.72. The molecule has 3 rings (SSSR count). The van der Waals surface area contributed by atoms with Crippen LogP contribution >= 0.6 is 23.1 Å². The van der Waals surface area contributed by atoms with E-state index in [1.54, 1.807) is 35.6 Å². The van der Waals surface area contributed by atoms with Gasteiger partial charge in [0.05, 0.1) is 5.75 Å². The first-order valence-corrected chi connectivity index (χ1v) is 9.44. The highest BCUT2D eigenvalue weighted by Gasteiger charge is 2.15. The lowest BCUT2D eigenvalue weighted by Crippen LogP contribution is -2.15. The average molecular weight is 372 g/mol. The van der Waals surface area contributed by atoms with Crippen molar-refractivity contribution in [1.82, 2.24) is 9.97 Å². The number of ether oxygens (including phenoxy) is 1. The Hall–Kier alpha value is -2.25. The van der Waals surface area contributed by atoms with E-state index in [1.165, 1.54) is 23.0 Å². The summed E-state index contributed by atoms with van der Waals surface area (Å²) < 4.78 is 5.08. The van der Waals surface area contributed by atoms with Crippen LogP contribution in [-0.4, -0.2) is 34.1 Å². The number of Topliss-reactive ketones (excluding diaryl/α,β-unsaturated/α-hetero) is 1. The molecule has 0 aliphatic heterocycles. The number of nitrogens with zero attached hydrogens (tertiary/aromatic N) is 2. The topological polar surface area (TPSA) is 69.2 Å². The van der Waals surface area contributed by atoms with E-state index >= 15 is 0 Å². The van der Waals surface area contributed by atoms with Gasteiger partial charge in [-0.15, -0.1) is 11.3 Å². The van der Waals surface area contributed by atoms with Crippen molar-refractivity contribution in [3.63, 3.8) is 0 Å². The Bertz CT molecular complexity index is 923. The van der Waals surface area contributed by atoms with E-state index in [9.17, 15) is 9.59 Å². The third-order valence-corrected chi connectivity index (χ3v) is 5.80. The molecule has 0 radical (unpaired) electrons. The second kappa shape index (κ2) is 7.76. The summed E-state index contributed by atoms with van der Waals surface area (Å²) in [7, 11) is 0. The number of fused-ring (bicyclic) bond motifs is 1. The number of aromatic nitrogens is 2. The maximum absolute atomic E-state index is 11.9. The zero-order valence-corrected chi connectivity index (χ0v) is 15.4. The highest BCUT2D eigenvalue weighted by molar-refractivity contribution is 8.00. The number of benzene rings is 1. The molecule has 0 aliphatic rings. The molecule has 7 heteroatoms. The minimum absolute atomic E-state index is 0.0997. The number of aryl methyl sites for hydroxylation is 2. The summed E-state index contributed by atoms with van der Waals surface area (Å²) in [5.41, 5.74) is 1.67. The van der Waals surface area contributed by atoms with Gasteiger partial charge >= 0.3 is 5.97 Å². The first kappa shape index (κ1) is 17.6. The van der Waals surface area contributed by atoms with Crippen LogP contribution < -0.4 is 0 Å². The Kier molecular flexibility index (Phi) is 5.45. The fraction of sp³-hybridized carbons (Fsp3) is 0.222. The van der Waals surface area contributed by atoms with E-state index < -0.39 is 5.97 Å². The smallest absolute Gasteiger partial charge is 0.316 e. The standard InChI is InChI=1S/C18H16N2O3S2/c1-11-12(2)25-18-16(11)17(19-10-20-18)24-9-15(22)23-8-14(21)13-6-4-3-5-7-13/h3-7,10H,8-9H2,1-2H3. The molecule has 0 atom stereocenters. The number of thiophene rings is 1. The summed E-state index contributed by atoms with van der Waals surface area (Å²) in [6, 6.07) is 8.78. The van der Waals surface area contributed by atoms with Crippen molar-refractivity contribution in [2.24, 2.45) is 0 Å². The highest BCUT2D eigenvalue weighted by Crippen LogP contribution is 2.34. The number of rotatable bonds is 6. The highest BCUT2D eigenvalue weighted by atomic mass is 32.2. The quantitative estimate of drug-likeness (QED) is 0.283. The lowest BCUT2D eigenvalue weighted by molar-refractivity contribution is -0.139. The molecule has 2 aromatic heterocycles. The maximum Gasteiger partial charge on any atom is 0.316 e. The van der Waals surface area contributed by atoms with Gasteiger partial charge in [-0.3, -0.25) is 9.59 Å². The largest absolute Gasteiger partial charge is 0.457 e. The third kappa shape index (κ3) is 4.05. The van der Waals surface area contributed by atoms with E-state index in [-0.39, 0.29) is 18.1 Å². The number of hydrogen-bond acceptors (Lipinski definition) is 7. The van der Waals surface area contributed by atoms with Gasteiger partial charge in [-0.1, -0.05) is 42.1 Å². The van der Waals surface area contributed by atoms with Crippen LogP contribution in [0.3, 0.4) is 0 Å². The maximum atomic E-state index is 11.9. The molecule has 2 heterocycles. The van der Waals surface area contributed by atoms with Gasteiger partial charge in [-0.2, -0.15) is 0 Å². The summed E-state index contributed by atoms with van der Waals surface area (Å²) in [4.78, 5) is 34.5. The van der Waals surface area contributed by atoms with Gasteiger partial charge < -0.3 is 4.74 Å². The molecule has 0 spiro atoms. The zero-order chi connectivity index (χ0) is 17.8. The van der Waals surface area contributed by atoms with Crippen molar-refractivity contribution in [2.45, 2.75) is 18.9 Å². The van der Waals surface area contributed by atoms with Crippen molar-refractivity contribution >= 4 is 45.1 Å². The van der Waals surface area contributed by atoms with E-state index in [4.69, 9.17) is 4.74 Å². The molecule has 1 aromatic carbocycles. The molecule has 5 nitrogen and oxygen atoms in total. The first-order chi connectivity index (χ1) is 12.1. The predicted molar refractivity (Wildman–Crippen MR) is 99.3 cm³/mol. The number of thioether (sulfide) groups is 1. The molecular formula is C18H16N2O3S2. The SMILES string of the molecule is Cc1sc2ncnc(SCC(=O)OCC(=O)c3ccccc3)c2c1C. The number of carbonyl (C=O) groups excluding carboxylic acids is 2. The molecule has 0 saturated carbocycles. The van der Waals surface area contributed by atoms with Crippen LogP contribution in [0.5, 0.6) is 0 Å². The van der Waals surface area contributed by atoms with Crippen molar-refractivity contribution < 1.29 is 14.3 Å². The molecule has 0 aliphatic carbocycles. The lowest BCUT2D eigenvalue weighted by atomic mass is 10.1. The molecule has 0 unspecified atom stereocenters. The molecule has 0 amide bonds. The van der Waals surface area contributed by atoms with Gasteiger partial charge in [0.1, 0.15) is 16.2 Å². The second-order valence-electron chi connectivity index (χ2n) is 5.38. The molecule has 128 valence electrons. The van der Waals surface area contributed by atoms with Gasteiger partial charge in [0.15, 0.2) is 12.4 Å². The Morgan fingerprint density at radius 2 is 1.92 bits per heavy atom. The summed E-state index contributed by atoms with van der Waals surface area (Å²) in [5.74, 6) is -0.555. The van der Waals surface area contributed by atoms with Crippen molar-refractivity contribution in [2.75, 3.05) is 12.4 Å². The fourth-order valence-corrected chi connectivity index (χ4v) is 4.20. The Morgan fingerprint density at radius 1 is 1.16 bits per heavy atom. The molecule has 0 N–H and O–H groups in total. The second-order valence-corrected chi connectivity index (χ2v) is 7.55. The average Bonchev–Trinajstić information content (AvgIpc) is 2.93. The fourth-order valence-electron chi connectivity index (χ4n) is 2.28. The number of esters is 1. The van der Waals surface area contributed by atoms with Gasteiger partial charge in [-0.25, -0.2) is 9.97 Å². The summed E-state index contributed by atoms with van der Waals surface area (Å²) in [6.45, 7) is 3.82. The number of hydrogen-bond donors (Lipinski definition) is 0. The van der Waals surface area contributed by atoms with E-state index in [0.717, 1.165) is 20.8 Å². The van der Waals surface area contributed by atoms with E-state index in [2.05, 4.69) is 9.97 Å². The van der Waals surface area contributed by atoms with E-state index in [1.807, 2.05) is 19.9 Å². The minimum Gasteiger partial charge on any atom is -0.457 e. The molecular weight excluding hydrogens is 356 g/mol. The van der Waals surface area contributed by atoms with Gasteiger partial charge in [0.25, 0.3) is 0 Å². The van der Waals surface area contributed by atoms with Gasteiger partial charge in [-0.05, 0) is 19.4 Å². The first-order valence-electron chi connectivity index (χ1n) is 7.63. The van der Waals surface area contributed by atoms with Crippen molar-refractivity contribution in [3.8, 4) is 0 Å². The number of ketones is 1. The normalized spacial score (nSPS) is 10.8. The summed E-state index contributed by atoms with van der Waals surface area (Å²) >= 11 is 2.92.